The molecule has 0 aromatic carbocycles. The molecule has 0 radical (unpaired) electrons. The number of rotatable bonds is 8. The van der Waals surface area contributed by atoms with Gasteiger partial charge in [0.15, 0.2) is 6.61 Å². The lowest BCUT2D eigenvalue weighted by Gasteiger charge is -2.15. The first-order valence-electron chi connectivity index (χ1n) is 7.80. The number of aliphatic hydroxyl groups excluding tert-OH is 1. The topological polar surface area (TPSA) is 104 Å². The van der Waals surface area contributed by atoms with Crippen LogP contribution in [-0.4, -0.2) is 69.8 Å². The predicted octanol–water partition coefficient (Wildman–Crippen LogP) is 1.98. The van der Waals surface area contributed by atoms with E-state index in [0.717, 1.165) is 0 Å². The molecule has 8 nitrogen and oxygen atoms in total. The van der Waals surface area contributed by atoms with Crippen LogP contribution in [0.15, 0.2) is 23.5 Å². The van der Waals surface area contributed by atoms with Crippen molar-refractivity contribution in [1.29, 1.82) is 0 Å². The molecule has 0 spiro atoms. The zero-order valence-corrected chi connectivity index (χ0v) is 14.4. The third-order valence-electron chi connectivity index (χ3n) is 3.36. The summed E-state index contributed by atoms with van der Waals surface area (Å²) in [5.74, 6) is -0.544. The van der Waals surface area contributed by atoms with Gasteiger partial charge < -0.3 is 19.8 Å². The molecule has 0 atom stereocenters. The van der Waals surface area contributed by atoms with Crippen LogP contribution in [0.3, 0.4) is 0 Å². The van der Waals surface area contributed by atoms with Crippen LogP contribution in [0.1, 0.15) is 12.1 Å². The standard InChI is InChI=1S/C16H18F3N5O3/c1-20-11(8-24(2)6-3-7-25)13-12-10(4-5-21-13)14(26)23-15(22-12)27-9-16(17,18)19/h4-5,8,25H,1,3,6-7,9H2,2H3,(H,22,23,26)/b11-8-. The van der Waals surface area contributed by atoms with Crippen molar-refractivity contribution in [3.63, 3.8) is 0 Å². The first-order valence-corrected chi connectivity index (χ1v) is 7.80. The van der Waals surface area contributed by atoms with Gasteiger partial charge in [0.1, 0.15) is 16.9 Å². The van der Waals surface area contributed by atoms with Crippen LogP contribution in [0.4, 0.5) is 13.2 Å². The molecule has 0 saturated carbocycles. The Labute approximate surface area is 152 Å². The van der Waals surface area contributed by atoms with Gasteiger partial charge in [-0.1, -0.05) is 0 Å². The van der Waals surface area contributed by atoms with E-state index in [9.17, 15) is 18.3 Å². The summed E-state index contributed by atoms with van der Waals surface area (Å²) in [6.07, 6.45) is -1.07. The van der Waals surface area contributed by atoms with Crippen LogP contribution in [-0.2, 0) is 0 Å². The van der Waals surface area contributed by atoms with Gasteiger partial charge in [-0.2, -0.15) is 23.1 Å². The third kappa shape index (κ3) is 5.51. The number of aliphatic imine (C=N–C) groups is 1. The minimum atomic E-state index is -4.57. The molecule has 11 heteroatoms. The molecule has 0 fully saturated rings. The number of nitrogens with zero attached hydrogens (tertiary/aromatic N) is 5. The Morgan fingerprint density at radius 3 is 2.78 bits per heavy atom. The summed E-state index contributed by atoms with van der Waals surface area (Å²) < 4.78 is 41.6. The number of pyridine rings is 1. The van der Waals surface area contributed by atoms with E-state index >= 15 is 0 Å². The molecule has 0 aliphatic heterocycles. The summed E-state index contributed by atoms with van der Waals surface area (Å²) in [5.41, 5.74) is 0.533. The Kier molecular flexibility index (Phi) is 6.50. The average Bonchev–Trinajstić information content (AvgIpc) is 2.62. The number of ether oxygens (including phenoxy) is 1. The van der Waals surface area contributed by atoms with E-state index in [1.165, 1.54) is 12.3 Å². The minimum Gasteiger partial charge on any atom is -0.493 e. The average molecular weight is 385 g/mol. The van der Waals surface area contributed by atoms with Crippen molar-refractivity contribution in [2.45, 2.75) is 12.6 Å². The van der Waals surface area contributed by atoms with Crippen molar-refractivity contribution in [2.75, 3.05) is 26.8 Å². The van der Waals surface area contributed by atoms with E-state index in [-0.39, 0.29) is 28.9 Å². The van der Waals surface area contributed by atoms with E-state index in [0.29, 0.717) is 13.0 Å². The molecule has 2 aromatic heterocycles. The summed E-state index contributed by atoms with van der Waals surface area (Å²) in [7, 11) is 1.75. The number of halogens is 3. The molecule has 2 heterocycles. The molecule has 2 aromatic rings. The normalized spacial score (nSPS) is 12.3. The molecule has 2 N–H and O–H groups in total. The molecular weight excluding hydrogens is 367 g/mol. The highest BCUT2D eigenvalue weighted by Gasteiger charge is 2.29. The van der Waals surface area contributed by atoms with Gasteiger partial charge in [-0.25, -0.2) is 0 Å². The number of aromatic hydroxyl groups is 1. The number of aromatic nitrogens is 3. The van der Waals surface area contributed by atoms with Crippen LogP contribution < -0.4 is 4.74 Å². The molecule has 146 valence electrons. The van der Waals surface area contributed by atoms with Crippen molar-refractivity contribution in [1.82, 2.24) is 19.9 Å². The number of fused-ring (bicyclic) bond motifs is 1. The zero-order chi connectivity index (χ0) is 20.0. The van der Waals surface area contributed by atoms with E-state index in [1.807, 2.05) is 0 Å². The molecule has 27 heavy (non-hydrogen) atoms. The van der Waals surface area contributed by atoms with Gasteiger partial charge in [0.2, 0.25) is 5.88 Å². The SMILES string of the molecule is C=N/C(=C\N(C)CCCO)c1nccc2c(O)nc(OCC(F)(F)F)nc12. The maximum atomic E-state index is 12.4. The molecule has 2 rings (SSSR count). The van der Waals surface area contributed by atoms with Gasteiger partial charge in [-0.3, -0.25) is 9.98 Å². The van der Waals surface area contributed by atoms with Gasteiger partial charge in [0, 0.05) is 32.6 Å². The number of hydrogen-bond donors (Lipinski definition) is 2. The highest BCUT2D eigenvalue weighted by Crippen LogP contribution is 2.29. The highest BCUT2D eigenvalue weighted by atomic mass is 19.4. The van der Waals surface area contributed by atoms with Gasteiger partial charge in [0.05, 0.1) is 5.39 Å². The molecule has 0 saturated heterocycles. The fourth-order valence-corrected chi connectivity index (χ4v) is 2.19. The van der Waals surface area contributed by atoms with Crippen LogP contribution in [0, 0.1) is 0 Å². The smallest absolute Gasteiger partial charge is 0.422 e. The van der Waals surface area contributed by atoms with Crippen molar-refractivity contribution in [3.05, 3.63) is 24.2 Å². The summed E-state index contributed by atoms with van der Waals surface area (Å²) in [5, 5.41) is 19.1. The van der Waals surface area contributed by atoms with Crippen LogP contribution in [0.2, 0.25) is 0 Å². The van der Waals surface area contributed by atoms with Crippen LogP contribution in [0.5, 0.6) is 11.9 Å². The molecule has 0 amide bonds. The van der Waals surface area contributed by atoms with E-state index < -0.39 is 24.7 Å². The van der Waals surface area contributed by atoms with Crippen molar-refractivity contribution in [3.8, 4) is 11.9 Å². The van der Waals surface area contributed by atoms with Crippen LogP contribution in [0.25, 0.3) is 16.6 Å². The monoisotopic (exact) mass is 385 g/mol. The Balaban J connectivity index is 2.47. The van der Waals surface area contributed by atoms with Gasteiger partial charge in [-0.05, 0) is 19.2 Å². The first-order chi connectivity index (χ1) is 12.7. The molecule has 0 aliphatic rings. The zero-order valence-electron chi connectivity index (χ0n) is 14.4. The first kappa shape index (κ1) is 20.4. The van der Waals surface area contributed by atoms with Gasteiger partial charge >= 0.3 is 12.2 Å². The van der Waals surface area contributed by atoms with Gasteiger partial charge in [-0.15, -0.1) is 0 Å². The fraction of sp³-hybridized carbons (Fsp3) is 0.375. The maximum Gasteiger partial charge on any atom is 0.422 e. The second-order valence-electron chi connectivity index (χ2n) is 5.52. The summed E-state index contributed by atoms with van der Waals surface area (Å²) in [4.78, 5) is 17.2. The molecular formula is C16H18F3N5O3. The Morgan fingerprint density at radius 1 is 1.41 bits per heavy atom. The lowest BCUT2D eigenvalue weighted by molar-refractivity contribution is -0.154. The van der Waals surface area contributed by atoms with E-state index in [1.54, 1.807) is 18.1 Å². The number of hydrogen-bond acceptors (Lipinski definition) is 8. The summed E-state index contributed by atoms with van der Waals surface area (Å²) >= 11 is 0. The third-order valence-corrected chi connectivity index (χ3v) is 3.36. The van der Waals surface area contributed by atoms with Crippen molar-refractivity contribution in [2.24, 2.45) is 4.99 Å². The van der Waals surface area contributed by atoms with Crippen LogP contribution >= 0.6 is 0 Å². The molecule has 0 bridgehead atoms. The maximum absolute atomic E-state index is 12.4. The van der Waals surface area contributed by atoms with E-state index in [2.05, 4.69) is 31.4 Å². The molecule has 0 unspecified atom stereocenters. The summed E-state index contributed by atoms with van der Waals surface area (Å²) in [6, 6.07) is 0.779. The molecule has 0 aliphatic carbocycles. The second kappa shape index (κ2) is 8.62. The lowest BCUT2D eigenvalue weighted by atomic mass is 10.2. The Morgan fingerprint density at radius 2 is 2.15 bits per heavy atom. The van der Waals surface area contributed by atoms with Crippen molar-refractivity contribution >= 4 is 23.3 Å². The fourth-order valence-electron chi connectivity index (χ4n) is 2.19. The minimum absolute atomic E-state index is 0.0164. The van der Waals surface area contributed by atoms with Crippen molar-refractivity contribution < 1.29 is 28.1 Å². The largest absolute Gasteiger partial charge is 0.493 e. The predicted molar refractivity (Wildman–Crippen MR) is 92.4 cm³/mol. The van der Waals surface area contributed by atoms with Gasteiger partial charge in [0.25, 0.3) is 0 Å². The summed E-state index contributed by atoms with van der Waals surface area (Å²) in [6.45, 7) is 2.42. The Bertz CT molecular complexity index is 842. The highest BCUT2D eigenvalue weighted by molar-refractivity contribution is 5.92. The Hall–Kier alpha value is -2.95. The quantitative estimate of drug-likeness (QED) is 0.670. The number of aliphatic hydroxyl groups is 1. The second-order valence-corrected chi connectivity index (χ2v) is 5.52. The lowest BCUT2D eigenvalue weighted by Crippen LogP contribution is -2.20. The number of alkyl halides is 3. The van der Waals surface area contributed by atoms with E-state index in [4.69, 9.17) is 5.11 Å².